The van der Waals surface area contributed by atoms with E-state index in [9.17, 15) is 4.79 Å². The number of carbonyl (C=O) groups excluding carboxylic acids is 1. The van der Waals surface area contributed by atoms with E-state index in [-0.39, 0.29) is 12.7 Å². The molecule has 0 unspecified atom stereocenters. The standard InChI is InChI=1S/C16H15N3O3/c1-10(11-2-5-13(17)6-3-11)18-19-16(20)12-4-7-14-15(8-12)22-9-21-14/h2-8H,9,17H2,1H3,(H,19,20)/b18-10-. The van der Waals surface area contributed by atoms with E-state index in [2.05, 4.69) is 10.5 Å². The molecule has 0 bridgehead atoms. The normalized spacial score (nSPS) is 13.0. The lowest BCUT2D eigenvalue weighted by Crippen LogP contribution is -2.19. The van der Waals surface area contributed by atoms with Crippen LogP contribution in [-0.2, 0) is 0 Å². The second kappa shape index (κ2) is 5.77. The molecular formula is C16H15N3O3. The number of nitrogens with two attached hydrogens (primary N) is 1. The van der Waals surface area contributed by atoms with Crippen LogP contribution in [0.25, 0.3) is 0 Å². The highest BCUT2D eigenvalue weighted by atomic mass is 16.7. The summed E-state index contributed by atoms with van der Waals surface area (Å²) in [4.78, 5) is 12.1. The minimum absolute atomic E-state index is 0.175. The maximum Gasteiger partial charge on any atom is 0.271 e. The van der Waals surface area contributed by atoms with Gasteiger partial charge in [0.15, 0.2) is 11.5 Å². The van der Waals surface area contributed by atoms with Gasteiger partial charge in [-0.1, -0.05) is 12.1 Å². The van der Waals surface area contributed by atoms with Crippen molar-refractivity contribution in [3.05, 3.63) is 53.6 Å². The van der Waals surface area contributed by atoms with Gasteiger partial charge in [-0.3, -0.25) is 4.79 Å². The summed E-state index contributed by atoms with van der Waals surface area (Å²) in [5.41, 5.74) is 10.9. The fraction of sp³-hybridized carbons (Fsp3) is 0.125. The van der Waals surface area contributed by atoms with Crippen LogP contribution < -0.4 is 20.6 Å². The van der Waals surface area contributed by atoms with Crippen LogP contribution >= 0.6 is 0 Å². The lowest BCUT2D eigenvalue weighted by Gasteiger charge is -2.04. The molecule has 1 heterocycles. The summed E-state index contributed by atoms with van der Waals surface area (Å²) in [5, 5.41) is 4.10. The van der Waals surface area contributed by atoms with E-state index in [4.69, 9.17) is 15.2 Å². The summed E-state index contributed by atoms with van der Waals surface area (Å²) >= 11 is 0. The second-order valence-corrected chi connectivity index (χ2v) is 4.83. The molecule has 2 aromatic carbocycles. The Morgan fingerprint density at radius 2 is 1.77 bits per heavy atom. The van der Waals surface area contributed by atoms with Crippen LogP contribution in [0.2, 0.25) is 0 Å². The quantitative estimate of drug-likeness (QED) is 0.516. The molecule has 6 heteroatoms. The number of anilines is 1. The fourth-order valence-electron chi connectivity index (χ4n) is 2.03. The third kappa shape index (κ3) is 2.85. The van der Waals surface area contributed by atoms with Gasteiger partial charge in [0, 0.05) is 11.3 Å². The smallest absolute Gasteiger partial charge is 0.271 e. The van der Waals surface area contributed by atoms with Gasteiger partial charge < -0.3 is 15.2 Å². The second-order valence-electron chi connectivity index (χ2n) is 4.83. The van der Waals surface area contributed by atoms with E-state index < -0.39 is 0 Å². The molecule has 0 atom stereocenters. The van der Waals surface area contributed by atoms with Gasteiger partial charge in [0.1, 0.15) is 0 Å². The number of hydrazone groups is 1. The number of benzene rings is 2. The number of ether oxygens (including phenoxy) is 2. The average Bonchev–Trinajstić information content (AvgIpc) is 3.00. The number of hydrogen-bond donors (Lipinski definition) is 2. The molecule has 0 saturated heterocycles. The van der Waals surface area contributed by atoms with Crippen LogP contribution in [0.1, 0.15) is 22.8 Å². The molecule has 3 rings (SSSR count). The Hall–Kier alpha value is -3.02. The van der Waals surface area contributed by atoms with Crippen molar-refractivity contribution in [3.63, 3.8) is 0 Å². The van der Waals surface area contributed by atoms with Crippen LogP contribution in [0.5, 0.6) is 11.5 Å². The van der Waals surface area contributed by atoms with Crippen molar-refractivity contribution >= 4 is 17.3 Å². The molecule has 0 aliphatic carbocycles. The highest BCUT2D eigenvalue weighted by Gasteiger charge is 2.16. The Kier molecular flexibility index (Phi) is 3.65. The maximum absolute atomic E-state index is 12.1. The molecule has 112 valence electrons. The lowest BCUT2D eigenvalue weighted by molar-refractivity contribution is 0.0954. The largest absolute Gasteiger partial charge is 0.454 e. The zero-order chi connectivity index (χ0) is 15.5. The zero-order valence-electron chi connectivity index (χ0n) is 12.0. The van der Waals surface area contributed by atoms with Crippen LogP contribution in [0.15, 0.2) is 47.6 Å². The number of fused-ring (bicyclic) bond motifs is 1. The maximum atomic E-state index is 12.1. The molecule has 1 amide bonds. The number of hydrogen-bond acceptors (Lipinski definition) is 5. The first-order valence-corrected chi connectivity index (χ1v) is 6.74. The summed E-state index contributed by atoms with van der Waals surface area (Å²) in [6.07, 6.45) is 0. The van der Waals surface area contributed by atoms with E-state index in [1.54, 1.807) is 30.3 Å². The van der Waals surface area contributed by atoms with Crippen LogP contribution in [0.4, 0.5) is 5.69 Å². The summed E-state index contributed by atoms with van der Waals surface area (Å²) < 4.78 is 10.5. The fourth-order valence-corrected chi connectivity index (χ4v) is 2.03. The SMILES string of the molecule is C/C(=N/NC(=O)c1ccc2c(c1)OCO2)c1ccc(N)cc1. The molecule has 1 aliphatic heterocycles. The molecule has 22 heavy (non-hydrogen) atoms. The van der Waals surface area contributed by atoms with Gasteiger partial charge in [-0.2, -0.15) is 5.10 Å². The molecular weight excluding hydrogens is 282 g/mol. The van der Waals surface area contributed by atoms with Gasteiger partial charge in [0.05, 0.1) is 5.71 Å². The van der Waals surface area contributed by atoms with Gasteiger partial charge in [-0.15, -0.1) is 0 Å². The zero-order valence-corrected chi connectivity index (χ0v) is 12.0. The number of rotatable bonds is 3. The third-order valence-electron chi connectivity index (χ3n) is 3.29. The first-order valence-electron chi connectivity index (χ1n) is 6.74. The van der Waals surface area contributed by atoms with E-state index in [0.717, 1.165) is 5.56 Å². The van der Waals surface area contributed by atoms with Gasteiger partial charge in [0.2, 0.25) is 6.79 Å². The van der Waals surface area contributed by atoms with Crippen molar-refractivity contribution in [2.75, 3.05) is 12.5 Å². The Morgan fingerprint density at radius 3 is 2.55 bits per heavy atom. The molecule has 0 spiro atoms. The summed E-state index contributed by atoms with van der Waals surface area (Å²) in [6, 6.07) is 12.3. The van der Waals surface area contributed by atoms with Crippen LogP contribution in [0.3, 0.4) is 0 Å². The molecule has 1 aliphatic rings. The van der Waals surface area contributed by atoms with Gasteiger partial charge in [-0.05, 0) is 42.8 Å². The number of nitrogens with zero attached hydrogens (tertiary/aromatic N) is 1. The molecule has 0 aromatic heterocycles. The van der Waals surface area contributed by atoms with Crippen molar-refractivity contribution in [3.8, 4) is 11.5 Å². The van der Waals surface area contributed by atoms with E-state index in [0.29, 0.717) is 28.5 Å². The van der Waals surface area contributed by atoms with E-state index >= 15 is 0 Å². The van der Waals surface area contributed by atoms with Crippen LogP contribution in [-0.4, -0.2) is 18.4 Å². The lowest BCUT2D eigenvalue weighted by atomic mass is 10.1. The number of nitrogen functional groups attached to an aromatic ring is 1. The Morgan fingerprint density at radius 1 is 1.09 bits per heavy atom. The number of nitrogens with one attached hydrogen (secondary N) is 1. The first kappa shape index (κ1) is 13.9. The van der Waals surface area contributed by atoms with Crippen molar-refractivity contribution in [2.45, 2.75) is 6.92 Å². The third-order valence-corrected chi connectivity index (χ3v) is 3.29. The Labute approximate surface area is 127 Å². The number of amides is 1. The molecule has 3 N–H and O–H groups in total. The first-order chi connectivity index (χ1) is 10.6. The monoisotopic (exact) mass is 297 g/mol. The van der Waals surface area contributed by atoms with Crippen molar-refractivity contribution in [2.24, 2.45) is 5.10 Å². The topological polar surface area (TPSA) is 85.9 Å². The number of carbonyl (C=O) groups is 1. The Bertz CT molecular complexity index is 739. The van der Waals surface area contributed by atoms with Crippen molar-refractivity contribution in [1.29, 1.82) is 0 Å². The predicted molar refractivity (Wildman–Crippen MR) is 83.1 cm³/mol. The van der Waals surface area contributed by atoms with E-state index in [1.807, 2.05) is 19.1 Å². The predicted octanol–water partition coefficient (Wildman–Crippen LogP) is 2.15. The van der Waals surface area contributed by atoms with Crippen molar-refractivity contribution in [1.82, 2.24) is 5.43 Å². The highest BCUT2D eigenvalue weighted by molar-refractivity contribution is 6.01. The molecule has 6 nitrogen and oxygen atoms in total. The molecule has 0 fully saturated rings. The summed E-state index contributed by atoms with van der Waals surface area (Å²) in [5.74, 6) is 0.887. The van der Waals surface area contributed by atoms with Crippen molar-refractivity contribution < 1.29 is 14.3 Å². The van der Waals surface area contributed by atoms with E-state index in [1.165, 1.54) is 0 Å². The molecule has 0 radical (unpaired) electrons. The molecule has 2 aromatic rings. The minimum Gasteiger partial charge on any atom is -0.454 e. The minimum atomic E-state index is -0.312. The highest BCUT2D eigenvalue weighted by Crippen LogP contribution is 2.32. The average molecular weight is 297 g/mol. The molecule has 0 saturated carbocycles. The van der Waals surface area contributed by atoms with Gasteiger partial charge in [-0.25, -0.2) is 5.43 Å². The summed E-state index contributed by atoms with van der Waals surface area (Å²) in [6.45, 7) is 1.99. The summed E-state index contributed by atoms with van der Waals surface area (Å²) in [7, 11) is 0. The van der Waals surface area contributed by atoms with Crippen LogP contribution in [0, 0.1) is 0 Å². The van der Waals surface area contributed by atoms with Gasteiger partial charge in [0.25, 0.3) is 5.91 Å². The van der Waals surface area contributed by atoms with Gasteiger partial charge >= 0.3 is 0 Å². The Balaban J connectivity index is 1.71.